The minimum atomic E-state index is -0.498. The maximum absolute atomic E-state index is 12.9. The molecule has 1 heterocycles. The van der Waals surface area contributed by atoms with Gasteiger partial charge in [0.15, 0.2) is 0 Å². The van der Waals surface area contributed by atoms with Crippen molar-refractivity contribution in [2.75, 3.05) is 10.2 Å². The first-order chi connectivity index (χ1) is 13.8. The fourth-order valence-electron chi connectivity index (χ4n) is 4.44. The largest absolute Gasteiger partial charge is 0.350 e. The molecule has 2 aliphatic rings. The highest BCUT2D eigenvalue weighted by Crippen LogP contribution is 2.43. The zero-order valence-electron chi connectivity index (χ0n) is 16.4. The number of rotatable bonds is 4. The minimum Gasteiger partial charge on any atom is -0.350 e. The summed E-state index contributed by atoms with van der Waals surface area (Å²) in [5.41, 5.74) is 2.17. The van der Waals surface area contributed by atoms with E-state index in [1.165, 1.54) is 6.07 Å². The third-order valence-corrected chi connectivity index (χ3v) is 5.92. The molecule has 29 heavy (non-hydrogen) atoms. The number of fused-ring (bicyclic) bond motifs is 1. The number of hydrogen-bond acceptors (Lipinski definition) is 5. The van der Waals surface area contributed by atoms with Crippen LogP contribution >= 0.6 is 0 Å². The van der Waals surface area contributed by atoms with Crippen LogP contribution in [0.1, 0.15) is 31.7 Å². The van der Waals surface area contributed by atoms with Gasteiger partial charge in [-0.3, -0.25) is 19.7 Å². The third-order valence-electron chi connectivity index (χ3n) is 5.92. The van der Waals surface area contributed by atoms with Gasteiger partial charge in [0, 0.05) is 11.8 Å². The molecular formula is C22H23N3O4. The molecule has 0 bridgehead atoms. The Bertz CT molecular complexity index is 1000. The van der Waals surface area contributed by atoms with Gasteiger partial charge < -0.3 is 5.32 Å². The summed E-state index contributed by atoms with van der Waals surface area (Å²) in [6.07, 6.45) is 2.32. The molecule has 1 saturated heterocycles. The number of nitro benzene ring substituents is 1. The monoisotopic (exact) mass is 393 g/mol. The van der Waals surface area contributed by atoms with Gasteiger partial charge >= 0.3 is 0 Å². The van der Waals surface area contributed by atoms with E-state index in [1.807, 2.05) is 31.2 Å². The van der Waals surface area contributed by atoms with E-state index in [2.05, 4.69) is 12.2 Å². The van der Waals surface area contributed by atoms with Crippen LogP contribution in [0.2, 0.25) is 0 Å². The second-order valence-electron chi connectivity index (χ2n) is 8.10. The van der Waals surface area contributed by atoms with Gasteiger partial charge in [0.1, 0.15) is 5.69 Å². The summed E-state index contributed by atoms with van der Waals surface area (Å²) in [6, 6.07) is 12.0. The Morgan fingerprint density at radius 2 is 1.83 bits per heavy atom. The van der Waals surface area contributed by atoms with Crippen LogP contribution in [0.4, 0.5) is 22.7 Å². The Morgan fingerprint density at radius 1 is 1.07 bits per heavy atom. The number of aryl methyl sites for hydroxylation is 1. The second-order valence-corrected chi connectivity index (χ2v) is 8.10. The number of benzene rings is 2. The molecular weight excluding hydrogens is 370 g/mol. The van der Waals surface area contributed by atoms with Crippen LogP contribution in [-0.4, -0.2) is 16.7 Å². The predicted molar refractivity (Wildman–Crippen MR) is 110 cm³/mol. The molecule has 3 atom stereocenters. The van der Waals surface area contributed by atoms with Crippen LogP contribution in [0, 0.1) is 34.8 Å². The van der Waals surface area contributed by atoms with E-state index in [1.54, 1.807) is 12.1 Å². The van der Waals surface area contributed by atoms with Gasteiger partial charge in [-0.25, -0.2) is 4.90 Å². The molecule has 0 aromatic heterocycles. The van der Waals surface area contributed by atoms with Gasteiger partial charge in [-0.1, -0.05) is 19.1 Å². The molecule has 1 aliphatic carbocycles. The predicted octanol–water partition coefficient (Wildman–Crippen LogP) is 4.57. The smallest absolute Gasteiger partial charge is 0.294 e. The molecule has 1 N–H and O–H groups in total. The van der Waals surface area contributed by atoms with Crippen molar-refractivity contribution in [3.8, 4) is 0 Å². The zero-order valence-corrected chi connectivity index (χ0v) is 16.4. The van der Waals surface area contributed by atoms with Gasteiger partial charge in [0.05, 0.1) is 22.4 Å². The van der Waals surface area contributed by atoms with E-state index in [0.717, 1.165) is 22.6 Å². The standard InChI is InChI=1S/C22H23N3O4/c1-13-4-3-5-15(10-13)23-19-9-7-16(12-20(19)25(28)29)24-21(26)17-8-6-14(2)11-18(17)22(24)27/h3-5,7,9-10,12,14,17-18,23H,6,8,11H2,1-2H3/t14-,17+,18+/m0/s1. The number of imide groups is 1. The third kappa shape index (κ3) is 3.48. The van der Waals surface area contributed by atoms with Crippen molar-refractivity contribution in [2.45, 2.75) is 33.1 Å². The Morgan fingerprint density at radius 3 is 2.55 bits per heavy atom. The van der Waals surface area contributed by atoms with Crippen LogP contribution in [0.25, 0.3) is 0 Å². The molecule has 7 heteroatoms. The number of hydrogen-bond donors (Lipinski definition) is 1. The maximum atomic E-state index is 12.9. The molecule has 0 radical (unpaired) electrons. The van der Waals surface area contributed by atoms with E-state index in [0.29, 0.717) is 24.4 Å². The number of amides is 2. The topological polar surface area (TPSA) is 92.6 Å². The molecule has 2 amide bonds. The lowest BCUT2D eigenvalue weighted by molar-refractivity contribution is -0.383. The molecule has 150 valence electrons. The van der Waals surface area contributed by atoms with Crippen molar-refractivity contribution < 1.29 is 14.5 Å². The number of nitrogens with zero attached hydrogens (tertiary/aromatic N) is 2. The molecule has 0 unspecified atom stereocenters. The van der Waals surface area contributed by atoms with E-state index < -0.39 is 4.92 Å². The molecule has 2 fully saturated rings. The van der Waals surface area contributed by atoms with Gasteiger partial charge in [0.25, 0.3) is 5.69 Å². The number of nitrogens with one attached hydrogen (secondary N) is 1. The first-order valence-electron chi connectivity index (χ1n) is 9.85. The second kappa shape index (κ2) is 7.31. The zero-order chi connectivity index (χ0) is 20.7. The average molecular weight is 393 g/mol. The average Bonchev–Trinajstić information content (AvgIpc) is 2.92. The Hall–Kier alpha value is -3.22. The summed E-state index contributed by atoms with van der Waals surface area (Å²) < 4.78 is 0. The Kier molecular flexibility index (Phi) is 4.82. The van der Waals surface area contributed by atoms with Crippen LogP contribution in [0.5, 0.6) is 0 Å². The minimum absolute atomic E-state index is 0.173. The SMILES string of the molecule is Cc1cccc(Nc2ccc(N3C(=O)[C@@H]4CC[C@H](C)C[C@H]4C3=O)cc2[N+](=O)[O-])c1. The lowest BCUT2D eigenvalue weighted by Crippen LogP contribution is -2.30. The highest BCUT2D eigenvalue weighted by atomic mass is 16.6. The van der Waals surface area contributed by atoms with Gasteiger partial charge in [-0.2, -0.15) is 0 Å². The lowest BCUT2D eigenvalue weighted by Gasteiger charge is -2.25. The van der Waals surface area contributed by atoms with E-state index in [4.69, 9.17) is 0 Å². The fraction of sp³-hybridized carbons (Fsp3) is 0.364. The van der Waals surface area contributed by atoms with E-state index in [9.17, 15) is 19.7 Å². The van der Waals surface area contributed by atoms with Crippen molar-refractivity contribution in [3.63, 3.8) is 0 Å². The highest BCUT2D eigenvalue weighted by Gasteiger charge is 2.50. The fourth-order valence-corrected chi connectivity index (χ4v) is 4.44. The van der Waals surface area contributed by atoms with Crippen molar-refractivity contribution >= 4 is 34.6 Å². The lowest BCUT2D eigenvalue weighted by atomic mass is 9.76. The van der Waals surface area contributed by atoms with Gasteiger partial charge in [0.2, 0.25) is 11.8 Å². The van der Waals surface area contributed by atoms with Crippen molar-refractivity contribution in [1.82, 2.24) is 0 Å². The summed E-state index contributed by atoms with van der Waals surface area (Å²) in [5.74, 6) is -0.678. The number of carbonyl (C=O) groups is 2. The van der Waals surface area contributed by atoms with Crippen molar-refractivity contribution in [1.29, 1.82) is 0 Å². The van der Waals surface area contributed by atoms with Crippen LogP contribution in [0.15, 0.2) is 42.5 Å². The molecule has 0 spiro atoms. The van der Waals surface area contributed by atoms with E-state index >= 15 is 0 Å². The Balaban J connectivity index is 1.67. The van der Waals surface area contributed by atoms with Crippen LogP contribution < -0.4 is 10.2 Å². The summed E-state index contributed by atoms with van der Waals surface area (Å²) in [5, 5.41) is 14.7. The number of carbonyl (C=O) groups excluding carboxylic acids is 2. The Labute approximate surface area is 168 Å². The maximum Gasteiger partial charge on any atom is 0.294 e. The molecule has 4 rings (SSSR count). The quantitative estimate of drug-likeness (QED) is 0.466. The molecule has 2 aromatic rings. The summed E-state index contributed by atoms with van der Waals surface area (Å²) in [4.78, 5) is 38.1. The van der Waals surface area contributed by atoms with Crippen LogP contribution in [0.3, 0.4) is 0 Å². The van der Waals surface area contributed by atoms with Gasteiger partial charge in [-0.15, -0.1) is 0 Å². The summed E-state index contributed by atoms with van der Waals surface area (Å²) >= 11 is 0. The van der Waals surface area contributed by atoms with Crippen LogP contribution in [-0.2, 0) is 9.59 Å². The number of nitro groups is 1. The van der Waals surface area contributed by atoms with E-state index in [-0.39, 0.29) is 35.0 Å². The normalized spacial score (nSPS) is 23.8. The summed E-state index contributed by atoms with van der Waals surface area (Å²) in [6.45, 7) is 4.03. The molecule has 1 saturated carbocycles. The van der Waals surface area contributed by atoms with Crippen molar-refractivity contribution in [3.05, 3.63) is 58.1 Å². The van der Waals surface area contributed by atoms with Gasteiger partial charge in [-0.05, 0) is 61.9 Å². The summed E-state index contributed by atoms with van der Waals surface area (Å²) in [7, 11) is 0. The van der Waals surface area contributed by atoms with Crippen molar-refractivity contribution in [2.24, 2.45) is 17.8 Å². The number of anilines is 3. The molecule has 7 nitrogen and oxygen atoms in total. The first kappa shape index (κ1) is 19.1. The molecule has 2 aromatic carbocycles. The first-order valence-corrected chi connectivity index (χ1v) is 9.85. The molecule has 1 aliphatic heterocycles. The highest BCUT2D eigenvalue weighted by molar-refractivity contribution is 6.22.